The highest BCUT2D eigenvalue weighted by Gasteiger charge is 2.07. The molecule has 16 heavy (non-hydrogen) atoms. The van der Waals surface area contributed by atoms with Gasteiger partial charge in [0.15, 0.2) is 0 Å². The Morgan fingerprint density at radius 2 is 2.00 bits per heavy atom. The van der Waals surface area contributed by atoms with Gasteiger partial charge in [0.05, 0.1) is 11.1 Å². The number of amides is 1. The van der Waals surface area contributed by atoms with E-state index in [0.717, 1.165) is 22.0 Å². The average molecular weight is 215 g/mol. The lowest BCUT2D eigenvalue weighted by Gasteiger charge is -2.06. The minimum Gasteiger partial charge on any atom is -0.290 e. The molecule has 0 fully saturated rings. The zero-order chi connectivity index (χ0) is 11.7. The number of aryl methyl sites for hydroxylation is 2. The van der Waals surface area contributed by atoms with Crippen molar-refractivity contribution in [2.24, 2.45) is 5.84 Å². The van der Waals surface area contributed by atoms with Gasteiger partial charge in [-0.25, -0.2) is 5.84 Å². The fraction of sp³-hybridized carbons (Fsp3) is 0.167. The molecule has 4 nitrogen and oxygen atoms in total. The monoisotopic (exact) mass is 215 g/mol. The number of hydrazine groups is 1. The van der Waals surface area contributed by atoms with E-state index in [1.54, 1.807) is 0 Å². The SMILES string of the molecule is Cc1ccc(C)c2ncc(C(=O)NN)cc12. The van der Waals surface area contributed by atoms with Gasteiger partial charge in [-0.1, -0.05) is 12.1 Å². The van der Waals surface area contributed by atoms with Gasteiger partial charge in [-0.05, 0) is 31.0 Å². The third-order valence-electron chi connectivity index (χ3n) is 2.66. The molecule has 82 valence electrons. The minimum absolute atomic E-state index is 0.324. The highest BCUT2D eigenvalue weighted by Crippen LogP contribution is 2.20. The first-order valence-electron chi connectivity index (χ1n) is 5.00. The quantitative estimate of drug-likeness (QED) is 0.430. The molecule has 1 amide bonds. The van der Waals surface area contributed by atoms with E-state index in [4.69, 9.17) is 5.84 Å². The summed E-state index contributed by atoms with van der Waals surface area (Å²) >= 11 is 0. The van der Waals surface area contributed by atoms with E-state index in [2.05, 4.69) is 10.4 Å². The second-order valence-corrected chi connectivity index (χ2v) is 3.79. The van der Waals surface area contributed by atoms with Crippen LogP contribution in [0, 0.1) is 13.8 Å². The Labute approximate surface area is 93.4 Å². The van der Waals surface area contributed by atoms with Crippen molar-refractivity contribution in [2.45, 2.75) is 13.8 Å². The van der Waals surface area contributed by atoms with Crippen molar-refractivity contribution in [1.29, 1.82) is 0 Å². The smallest absolute Gasteiger partial charge is 0.266 e. The molecule has 2 rings (SSSR count). The molecule has 4 heteroatoms. The molecule has 3 N–H and O–H groups in total. The van der Waals surface area contributed by atoms with Crippen molar-refractivity contribution in [1.82, 2.24) is 10.4 Å². The van der Waals surface area contributed by atoms with Gasteiger partial charge in [-0.2, -0.15) is 0 Å². The van der Waals surface area contributed by atoms with Gasteiger partial charge in [-0.3, -0.25) is 15.2 Å². The third kappa shape index (κ3) is 1.63. The number of benzene rings is 1. The van der Waals surface area contributed by atoms with Crippen LogP contribution in [0.4, 0.5) is 0 Å². The maximum atomic E-state index is 11.4. The van der Waals surface area contributed by atoms with E-state index in [9.17, 15) is 4.79 Å². The predicted octanol–water partition coefficient (Wildman–Crippen LogP) is 1.46. The van der Waals surface area contributed by atoms with Crippen LogP contribution in [0.1, 0.15) is 21.5 Å². The largest absolute Gasteiger partial charge is 0.290 e. The fourth-order valence-electron chi connectivity index (χ4n) is 1.71. The number of nitrogens with one attached hydrogen (secondary N) is 1. The highest BCUT2D eigenvalue weighted by molar-refractivity contribution is 5.98. The van der Waals surface area contributed by atoms with Crippen LogP contribution >= 0.6 is 0 Å². The standard InChI is InChI=1S/C12H13N3O/c1-7-3-4-8(2)11-10(7)5-9(6-14-11)12(16)15-13/h3-6H,13H2,1-2H3,(H,15,16). The second-order valence-electron chi connectivity index (χ2n) is 3.79. The maximum Gasteiger partial charge on any atom is 0.266 e. The van der Waals surface area contributed by atoms with Gasteiger partial charge in [0.25, 0.3) is 5.91 Å². The number of nitrogens with zero attached hydrogens (tertiary/aromatic N) is 1. The Morgan fingerprint density at radius 3 is 2.69 bits per heavy atom. The number of carbonyl (C=O) groups is 1. The molecule has 0 radical (unpaired) electrons. The molecule has 0 unspecified atom stereocenters. The summed E-state index contributed by atoms with van der Waals surface area (Å²) in [4.78, 5) is 15.7. The molecule has 1 heterocycles. The summed E-state index contributed by atoms with van der Waals surface area (Å²) in [5.41, 5.74) is 5.70. The molecule has 0 spiro atoms. The van der Waals surface area contributed by atoms with E-state index in [1.165, 1.54) is 6.20 Å². The van der Waals surface area contributed by atoms with Gasteiger partial charge in [-0.15, -0.1) is 0 Å². The number of nitrogen functional groups attached to an aromatic ring is 1. The molecular weight excluding hydrogens is 202 g/mol. The lowest BCUT2D eigenvalue weighted by Crippen LogP contribution is -2.30. The summed E-state index contributed by atoms with van der Waals surface area (Å²) in [6.45, 7) is 3.99. The first-order chi connectivity index (χ1) is 7.63. The fourth-order valence-corrected chi connectivity index (χ4v) is 1.71. The maximum absolute atomic E-state index is 11.4. The van der Waals surface area contributed by atoms with Crippen LogP contribution in [0.5, 0.6) is 0 Å². The summed E-state index contributed by atoms with van der Waals surface area (Å²) in [6, 6.07) is 5.85. The van der Waals surface area contributed by atoms with Crippen LogP contribution in [0.3, 0.4) is 0 Å². The van der Waals surface area contributed by atoms with Crippen molar-refractivity contribution in [2.75, 3.05) is 0 Å². The van der Waals surface area contributed by atoms with Gasteiger partial charge in [0, 0.05) is 11.6 Å². The summed E-state index contributed by atoms with van der Waals surface area (Å²) in [7, 11) is 0. The van der Waals surface area contributed by atoms with Gasteiger partial charge >= 0.3 is 0 Å². The lowest BCUT2D eigenvalue weighted by molar-refractivity contribution is 0.0953. The molecule has 1 aromatic carbocycles. The Morgan fingerprint density at radius 1 is 1.31 bits per heavy atom. The van der Waals surface area contributed by atoms with Crippen molar-refractivity contribution in [3.05, 3.63) is 41.1 Å². The molecule has 0 bridgehead atoms. The lowest BCUT2D eigenvalue weighted by atomic mass is 10.0. The molecule has 0 aliphatic heterocycles. The number of nitrogens with two attached hydrogens (primary N) is 1. The molecule has 0 saturated carbocycles. The Hall–Kier alpha value is -1.94. The van der Waals surface area contributed by atoms with Crippen molar-refractivity contribution in [3.8, 4) is 0 Å². The summed E-state index contributed by atoms with van der Waals surface area (Å²) in [6.07, 6.45) is 1.54. The number of carbonyl (C=O) groups excluding carboxylic acids is 1. The molecule has 0 aliphatic rings. The number of hydrogen-bond acceptors (Lipinski definition) is 3. The Balaban J connectivity index is 2.70. The highest BCUT2D eigenvalue weighted by atomic mass is 16.2. The molecule has 0 atom stereocenters. The van der Waals surface area contributed by atoms with E-state index in [1.807, 2.05) is 32.0 Å². The van der Waals surface area contributed by atoms with Crippen LogP contribution < -0.4 is 11.3 Å². The normalized spacial score (nSPS) is 10.4. The topological polar surface area (TPSA) is 68.0 Å². The summed E-state index contributed by atoms with van der Waals surface area (Å²) in [5, 5.41) is 0.987. The minimum atomic E-state index is -0.324. The molecule has 0 saturated heterocycles. The van der Waals surface area contributed by atoms with Crippen molar-refractivity contribution < 1.29 is 4.79 Å². The van der Waals surface area contributed by atoms with Crippen LogP contribution in [0.15, 0.2) is 24.4 Å². The van der Waals surface area contributed by atoms with Gasteiger partial charge in [0.2, 0.25) is 0 Å². The van der Waals surface area contributed by atoms with E-state index < -0.39 is 0 Å². The average Bonchev–Trinajstić information content (AvgIpc) is 2.32. The Bertz CT molecular complexity index is 563. The van der Waals surface area contributed by atoms with Crippen LogP contribution in [-0.4, -0.2) is 10.9 Å². The number of pyridine rings is 1. The second kappa shape index (κ2) is 3.90. The third-order valence-corrected chi connectivity index (χ3v) is 2.66. The summed E-state index contributed by atoms with van der Waals surface area (Å²) in [5.74, 6) is 4.76. The number of fused-ring (bicyclic) bond motifs is 1. The van der Waals surface area contributed by atoms with Crippen LogP contribution in [-0.2, 0) is 0 Å². The Kier molecular flexibility index (Phi) is 2.58. The van der Waals surface area contributed by atoms with Crippen molar-refractivity contribution >= 4 is 16.8 Å². The number of hydrogen-bond donors (Lipinski definition) is 2. The van der Waals surface area contributed by atoms with Crippen LogP contribution in [0.25, 0.3) is 10.9 Å². The number of aromatic nitrogens is 1. The molecule has 1 aromatic heterocycles. The number of rotatable bonds is 1. The van der Waals surface area contributed by atoms with Gasteiger partial charge in [0.1, 0.15) is 0 Å². The first-order valence-corrected chi connectivity index (χ1v) is 5.00. The van der Waals surface area contributed by atoms with Crippen LogP contribution in [0.2, 0.25) is 0 Å². The van der Waals surface area contributed by atoms with E-state index in [0.29, 0.717) is 5.56 Å². The zero-order valence-corrected chi connectivity index (χ0v) is 9.24. The summed E-state index contributed by atoms with van der Waals surface area (Å²) < 4.78 is 0. The first kappa shape index (κ1) is 10.6. The molecule has 0 aliphatic carbocycles. The van der Waals surface area contributed by atoms with E-state index >= 15 is 0 Å². The predicted molar refractivity (Wildman–Crippen MR) is 62.9 cm³/mol. The zero-order valence-electron chi connectivity index (χ0n) is 9.24. The molecule has 2 aromatic rings. The van der Waals surface area contributed by atoms with E-state index in [-0.39, 0.29) is 5.91 Å². The van der Waals surface area contributed by atoms with Gasteiger partial charge < -0.3 is 0 Å². The van der Waals surface area contributed by atoms with Crippen molar-refractivity contribution in [3.63, 3.8) is 0 Å². The molecular formula is C12H13N3O.